The van der Waals surface area contributed by atoms with Crippen LogP contribution in [0, 0.1) is 0 Å². The molecule has 24 heavy (non-hydrogen) atoms. The fraction of sp³-hybridized carbons (Fsp3) is 0.353. The maximum atomic E-state index is 12.1. The molecule has 0 bridgehead atoms. The van der Waals surface area contributed by atoms with Crippen molar-refractivity contribution in [3.8, 4) is 0 Å². The van der Waals surface area contributed by atoms with Crippen molar-refractivity contribution in [1.82, 2.24) is 10.0 Å². The van der Waals surface area contributed by atoms with Crippen molar-refractivity contribution in [3.63, 3.8) is 0 Å². The normalized spacial score (nSPS) is 12.7. The van der Waals surface area contributed by atoms with Crippen LogP contribution in [-0.2, 0) is 27.8 Å². The number of amides is 1. The molecule has 2 N–H and O–H groups in total. The van der Waals surface area contributed by atoms with E-state index in [1.807, 2.05) is 30.3 Å². The van der Waals surface area contributed by atoms with Crippen LogP contribution in [0.5, 0.6) is 0 Å². The van der Waals surface area contributed by atoms with Gasteiger partial charge in [-0.1, -0.05) is 30.3 Å². The number of rotatable bonds is 9. The molecule has 0 aliphatic rings. The molecule has 7 heteroatoms. The molecule has 1 aromatic carbocycles. The average molecular weight is 350 g/mol. The van der Waals surface area contributed by atoms with Gasteiger partial charge in [-0.2, -0.15) is 0 Å². The van der Waals surface area contributed by atoms with E-state index in [9.17, 15) is 13.2 Å². The Morgan fingerprint density at radius 2 is 1.92 bits per heavy atom. The maximum Gasteiger partial charge on any atom is 0.238 e. The Labute approximate surface area is 142 Å². The molecule has 6 nitrogen and oxygen atoms in total. The van der Waals surface area contributed by atoms with Crippen LogP contribution >= 0.6 is 0 Å². The van der Waals surface area contributed by atoms with Crippen LogP contribution in [0.25, 0.3) is 0 Å². The lowest BCUT2D eigenvalue weighted by Crippen LogP contribution is -2.45. The molecule has 2 rings (SSSR count). The van der Waals surface area contributed by atoms with Gasteiger partial charge in [0, 0.05) is 0 Å². The van der Waals surface area contributed by atoms with Crippen LogP contribution in [-0.4, -0.2) is 26.1 Å². The first-order chi connectivity index (χ1) is 11.5. The summed E-state index contributed by atoms with van der Waals surface area (Å²) >= 11 is 0. The first kappa shape index (κ1) is 18.2. The van der Waals surface area contributed by atoms with Crippen molar-refractivity contribution in [2.45, 2.75) is 32.4 Å². The van der Waals surface area contributed by atoms with Crippen LogP contribution in [0.4, 0.5) is 0 Å². The lowest BCUT2D eigenvalue weighted by Gasteiger charge is -2.14. The molecule has 1 heterocycles. The molecule has 0 aliphatic carbocycles. The monoisotopic (exact) mass is 350 g/mol. The summed E-state index contributed by atoms with van der Waals surface area (Å²) in [6.45, 7) is 1.75. The van der Waals surface area contributed by atoms with E-state index in [0.717, 1.165) is 5.56 Å². The molecular weight excluding hydrogens is 328 g/mol. The van der Waals surface area contributed by atoms with Crippen LogP contribution in [0.3, 0.4) is 0 Å². The Bertz CT molecular complexity index is 727. The van der Waals surface area contributed by atoms with E-state index in [4.69, 9.17) is 4.42 Å². The number of aryl methyl sites for hydroxylation is 1. The van der Waals surface area contributed by atoms with Crippen LogP contribution in [0.15, 0.2) is 53.1 Å². The molecule has 1 aromatic heterocycles. The number of furan rings is 1. The molecule has 0 saturated heterocycles. The van der Waals surface area contributed by atoms with Crippen molar-refractivity contribution in [2.75, 3.05) is 5.75 Å². The van der Waals surface area contributed by atoms with Gasteiger partial charge >= 0.3 is 0 Å². The summed E-state index contributed by atoms with van der Waals surface area (Å²) in [5, 5.41) is 2.63. The van der Waals surface area contributed by atoms with Gasteiger partial charge in [0.15, 0.2) is 0 Å². The van der Waals surface area contributed by atoms with E-state index < -0.39 is 22.0 Å². The van der Waals surface area contributed by atoms with Gasteiger partial charge in [-0.3, -0.25) is 4.79 Å². The molecule has 0 unspecified atom stereocenters. The summed E-state index contributed by atoms with van der Waals surface area (Å²) in [4.78, 5) is 11.9. The fourth-order valence-electron chi connectivity index (χ4n) is 2.23. The van der Waals surface area contributed by atoms with Gasteiger partial charge in [-0.25, -0.2) is 13.1 Å². The van der Waals surface area contributed by atoms with Gasteiger partial charge in [-0.15, -0.1) is 0 Å². The Balaban J connectivity index is 1.74. The summed E-state index contributed by atoms with van der Waals surface area (Å²) in [5.41, 5.74) is 1.09. The van der Waals surface area contributed by atoms with E-state index in [-0.39, 0.29) is 12.3 Å². The third kappa shape index (κ3) is 6.17. The highest BCUT2D eigenvalue weighted by atomic mass is 32.2. The predicted octanol–water partition coefficient (Wildman–Crippen LogP) is 1.84. The average Bonchev–Trinajstić information content (AvgIpc) is 3.06. The SMILES string of the molecule is C[C@@H](NS(=O)(=O)CCCc1ccccc1)C(=O)NCc1ccco1. The van der Waals surface area contributed by atoms with Gasteiger partial charge in [0.2, 0.25) is 15.9 Å². The Kier molecular flexibility index (Phi) is 6.57. The molecule has 2 aromatic rings. The number of carbonyl (C=O) groups is 1. The second-order valence-corrected chi connectivity index (χ2v) is 7.42. The summed E-state index contributed by atoms with van der Waals surface area (Å²) in [6, 6.07) is 12.3. The molecule has 0 aliphatic heterocycles. The van der Waals surface area contributed by atoms with Gasteiger partial charge in [-0.05, 0) is 37.5 Å². The molecule has 1 amide bonds. The number of hydrogen-bond donors (Lipinski definition) is 2. The summed E-state index contributed by atoms with van der Waals surface area (Å²) in [6.07, 6.45) is 2.70. The largest absolute Gasteiger partial charge is 0.467 e. The maximum absolute atomic E-state index is 12.1. The van der Waals surface area contributed by atoms with Crippen molar-refractivity contribution in [1.29, 1.82) is 0 Å². The predicted molar refractivity (Wildman–Crippen MR) is 91.7 cm³/mol. The van der Waals surface area contributed by atoms with Gasteiger partial charge in [0.25, 0.3) is 0 Å². The summed E-state index contributed by atoms with van der Waals surface area (Å²) in [7, 11) is -3.50. The number of nitrogens with one attached hydrogen (secondary N) is 2. The summed E-state index contributed by atoms with van der Waals surface area (Å²) in [5.74, 6) is 0.205. The molecule has 0 radical (unpaired) electrons. The first-order valence-corrected chi connectivity index (χ1v) is 9.45. The molecule has 130 valence electrons. The fourth-order valence-corrected chi connectivity index (χ4v) is 3.52. The Morgan fingerprint density at radius 3 is 2.58 bits per heavy atom. The lowest BCUT2D eigenvalue weighted by atomic mass is 10.1. The van der Waals surface area contributed by atoms with E-state index in [1.165, 1.54) is 13.2 Å². The highest BCUT2D eigenvalue weighted by molar-refractivity contribution is 7.89. The minimum absolute atomic E-state index is 0.0162. The topological polar surface area (TPSA) is 88.4 Å². The molecular formula is C17H22N2O4S. The van der Waals surface area contributed by atoms with Crippen molar-refractivity contribution >= 4 is 15.9 Å². The Hall–Kier alpha value is -2.12. The van der Waals surface area contributed by atoms with E-state index in [1.54, 1.807) is 12.1 Å². The zero-order valence-corrected chi connectivity index (χ0v) is 14.4. The number of benzene rings is 1. The molecule has 0 saturated carbocycles. The van der Waals surface area contributed by atoms with Gasteiger partial charge < -0.3 is 9.73 Å². The minimum Gasteiger partial charge on any atom is -0.467 e. The second-order valence-electron chi connectivity index (χ2n) is 5.54. The standard InChI is InChI=1S/C17H22N2O4S/c1-14(17(20)18-13-16-10-5-11-23-16)19-24(21,22)12-6-9-15-7-3-2-4-8-15/h2-5,7-8,10-11,14,19H,6,9,12-13H2,1H3,(H,18,20)/t14-/m1/s1. The second kappa shape index (κ2) is 8.65. The third-order valence-corrected chi connectivity index (χ3v) is 5.03. The highest BCUT2D eigenvalue weighted by Crippen LogP contribution is 2.04. The molecule has 1 atom stereocenters. The highest BCUT2D eigenvalue weighted by Gasteiger charge is 2.20. The third-order valence-electron chi connectivity index (χ3n) is 3.49. The van der Waals surface area contributed by atoms with Gasteiger partial charge in [0.05, 0.1) is 24.6 Å². The first-order valence-electron chi connectivity index (χ1n) is 7.80. The smallest absolute Gasteiger partial charge is 0.238 e. The minimum atomic E-state index is -3.50. The number of hydrogen-bond acceptors (Lipinski definition) is 4. The van der Waals surface area contributed by atoms with E-state index in [2.05, 4.69) is 10.0 Å². The van der Waals surface area contributed by atoms with Crippen molar-refractivity contribution < 1.29 is 17.6 Å². The Morgan fingerprint density at radius 1 is 1.17 bits per heavy atom. The quantitative estimate of drug-likeness (QED) is 0.722. The van der Waals surface area contributed by atoms with Crippen molar-refractivity contribution in [2.24, 2.45) is 0 Å². The van der Waals surface area contributed by atoms with Crippen LogP contribution in [0.1, 0.15) is 24.7 Å². The van der Waals surface area contributed by atoms with Crippen LogP contribution in [0.2, 0.25) is 0 Å². The van der Waals surface area contributed by atoms with E-state index in [0.29, 0.717) is 18.6 Å². The lowest BCUT2D eigenvalue weighted by molar-refractivity contribution is -0.122. The molecule has 0 spiro atoms. The van der Waals surface area contributed by atoms with Crippen LogP contribution < -0.4 is 10.0 Å². The zero-order chi connectivity index (χ0) is 17.4. The zero-order valence-electron chi connectivity index (χ0n) is 13.6. The van der Waals surface area contributed by atoms with Crippen molar-refractivity contribution in [3.05, 3.63) is 60.1 Å². The number of carbonyl (C=O) groups excluding carboxylic acids is 1. The van der Waals surface area contributed by atoms with Gasteiger partial charge in [0.1, 0.15) is 5.76 Å². The van der Waals surface area contributed by atoms with E-state index >= 15 is 0 Å². The molecule has 0 fully saturated rings. The number of sulfonamides is 1. The summed E-state index contributed by atoms with van der Waals surface area (Å²) < 4.78 is 31.6.